The molecule has 0 saturated carbocycles. The molecule has 3 N–H and O–H groups in total. The minimum absolute atomic E-state index is 0.239. The van der Waals surface area contributed by atoms with Crippen molar-refractivity contribution in [2.45, 2.75) is 32.2 Å². The van der Waals surface area contributed by atoms with Crippen molar-refractivity contribution in [2.24, 2.45) is 5.73 Å². The second kappa shape index (κ2) is 5.23. The summed E-state index contributed by atoms with van der Waals surface area (Å²) in [6.07, 6.45) is 0.755. The summed E-state index contributed by atoms with van der Waals surface area (Å²) in [7, 11) is 0. The molecule has 17 heavy (non-hydrogen) atoms. The fraction of sp³-hybridized carbons (Fsp3) is 0.417. The Morgan fingerprint density at radius 3 is 2.53 bits per heavy atom. The Bertz CT molecular complexity index is 413. The van der Waals surface area contributed by atoms with Crippen molar-refractivity contribution >= 4 is 11.6 Å². The van der Waals surface area contributed by atoms with E-state index in [-0.39, 0.29) is 18.0 Å². The molecule has 0 spiro atoms. The van der Waals surface area contributed by atoms with Gasteiger partial charge in [-0.25, -0.2) is 8.78 Å². The molecule has 0 aliphatic rings. The van der Waals surface area contributed by atoms with Crippen LogP contribution in [0.1, 0.15) is 26.7 Å². The van der Waals surface area contributed by atoms with E-state index in [9.17, 15) is 13.6 Å². The second-order valence-corrected chi connectivity index (χ2v) is 4.67. The first-order valence-electron chi connectivity index (χ1n) is 5.32. The number of nitrogens with one attached hydrogen (secondary N) is 1. The van der Waals surface area contributed by atoms with Gasteiger partial charge in [0.25, 0.3) is 0 Å². The Kier molecular flexibility index (Phi) is 4.17. The van der Waals surface area contributed by atoms with Crippen molar-refractivity contribution in [3.63, 3.8) is 0 Å². The molecule has 0 bridgehead atoms. The number of carbonyl (C=O) groups excluding carboxylic acids is 1. The quantitative estimate of drug-likeness (QED) is 0.852. The highest BCUT2D eigenvalue weighted by atomic mass is 19.2. The van der Waals surface area contributed by atoms with Gasteiger partial charge in [0.1, 0.15) is 0 Å². The lowest BCUT2D eigenvalue weighted by Crippen LogP contribution is -2.33. The first-order valence-corrected chi connectivity index (χ1v) is 5.32. The van der Waals surface area contributed by atoms with Crippen molar-refractivity contribution in [1.82, 2.24) is 0 Å². The number of amides is 1. The highest BCUT2D eigenvalue weighted by molar-refractivity contribution is 5.90. The largest absolute Gasteiger partial charge is 0.326 e. The zero-order valence-corrected chi connectivity index (χ0v) is 9.89. The zero-order valence-electron chi connectivity index (χ0n) is 9.89. The molecular formula is C12H16F2N2O. The molecule has 0 aromatic heterocycles. The number of carbonyl (C=O) groups is 1. The van der Waals surface area contributed by atoms with E-state index in [1.807, 2.05) is 13.8 Å². The number of anilines is 1. The Labute approximate surface area is 99.0 Å². The van der Waals surface area contributed by atoms with E-state index < -0.39 is 17.2 Å². The van der Waals surface area contributed by atoms with Crippen molar-refractivity contribution < 1.29 is 13.6 Å². The number of nitrogens with two attached hydrogens (primary N) is 1. The first kappa shape index (κ1) is 13.6. The third kappa shape index (κ3) is 4.91. The van der Waals surface area contributed by atoms with E-state index in [1.54, 1.807) is 0 Å². The third-order valence-corrected chi connectivity index (χ3v) is 2.20. The summed E-state index contributed by atoms with van der Waals surface area (Å²) < 4.78 is 25.5. The van der Waals surface area contributed by atoms with Crippen molar-refractivity contribution in [3.8, 4) is 0 Å². The van der Waals surface area contributed by atoms with Gasteiger partial charge in [0.15, 0.2) is 11.6 Å². The minimum atomic E-state index is -0.984. The van der Waals surface area contributed by atoms with Gasteiger partial charge in [-0.05, 0) is 32.4 Å². The zero-order chi connectivity index (χ0) is 13.1. The lowest BCUT2D eigenvalue weighted by Gasteiger charge is -2.17. The number of benzene rings is 1. The van der Waals surface area contributed by atoms with Crippen LogP contribution >= 0.6 is 0 Å². The van der Waals surface area contributed by atoms with E-state index in [0.717, 1.165) is 12.1 Å². The van der Waals surface area contributed by atoms with Crippen LogP contribution < -0.4 is 11.1 Å². The van der Waals surface area contributed by atoms with Crippen LogP contribution in [0, 0.1) is 11.6 Å². The van der Waals surface area contributed by atoms with Gasteiger partial charge in [-0.15, -0.1) is 0 Å². The third-order valence-electron chi connectivity index (χ3n) is 2.20. The summed E-state index contributed by atoms with van der Waals surface area (Å²) in [5, 5.41) is 2.48. The molecule has 5 heteroatoms. The van der Waals surface area contributed by atoms with Gasteiger partial charge in [0, 0.05) is 23.7 Å². The van der Waals surface area contributed by atoms with Crippen LogP contribution in [0.2, 0.25) is 0 Å². The molecule has 3 nitrogen and oxygen atoms in total. The molecule has 0 aliphatic heterocycles. The molecule has 1 aromatic rings. The topological polar surface area (TPSA) is 55.1 Å². The minimum Gasteiger partial charge on any atom is -0.326 e. The predicted molar refractivity (Wildman–Crippen MR) is 62.5 cm³/mol. The van der Waals surface area contributed by atoms with Gasteiger partial charge in [-0.1, -0.05) is 0 Å². The fourth-order valence-corrected chi connectivity index (χ4v) is 1.23. The van der Waals surface area contributed by atoms with Crippen LogP contribution in [-0.2, 0) is 4.79 Å². The van der Waals surface area contributed by atoms with E-state index in [2.05, 4.69) is 5.32 Å². The molecule has 1 amide bonds. The number of hydrogen-bond donors (Lipinski definition) is 2. The molecule has 1 rings (SSSR count). The van der Waals surface area contributed by atoms with E-state index in [4.69, 9.17) is 5.73 Å². The molecule has 94 valence electrons. The standard InChI is InChI=1S/C12H16F2N2O/c1-12(2,15)6-5-11(17)16-8-3-4-9(13)10(14)7-8/h3-4,7H,5-6,15H2,1-2H3,(H,16,17). The lowest BCUT2D eigenvalue weighted by atomic mass is 10.00. The highest BCUT2D eigenvalue weighted by Crippen LogP contribution is 2.14. The van der Waals surface area contributed by atoms with Gasteiger partial charge in [0.2, 0.25) is 5.91 Å². The van der Waals surface area contributed by atoms with Gasteiger partial charge >= 0.3 is 0 Å². The smallest absolute Gasteiger partial charge is 0.224 e. The molecule has 0 fully saturated rings. The normalized spacial score (nSPS) is 11.4. The molecular weight excluding hydrogens is 226 g/mol. The van der Waals surface area contributed by atoms with Crippen molar-refractivity contribution in [1.29, 1.82) is 0 Å². The Morgan fingerprint density at radius 2 is 2.00 bits per heavy atom. The molecule has 0 atom stereocenters. The van der Waals surface area contributed by atoms with Gasteiger partial charge in [0.05, 0.1) is 0 Å². The van der Waals surface area contributed by atoms with Gasteiger partial charge < -0.3 is 11.1 Å². The number of halogens is 2. The summed E-state index contributed by atoms with van der Waals surface area (Å²) in [6, 6.07) is 3.22. The van der Waals surface area contributed by atoms with E-state index >= 15 is 0 Å². The predicted octanol–water partition coefficient (Wildman–Crippen LogP) is 2.42. The SMILES string of the molecule is CC(C)(N)CCC(=O)Nc1ccc(F)c(F)c1. The van der Waals surface area contributed by atoms with E-state index in [0.29, 0.717) is 6.42 Å². The van der Waals surface area contributed by atoms with Crippen LogP contribution in [0.15, 0.2) is 18.2 Å². The maximum absolute atomic E-state index is 12.9. The maximum Gasteiger partial charge on any atom is 0.224 e. The molecule has 0 unspecified atom stereocenters. The molecule has 1 aromatic carbocycles. The summed E-state index contributed by atoms with van der Waals surface area (Å²) in [5.74, 6) is -2.19. The van der Waals surface area contributed by atoms with Crippen molar-refractivity contribution in [2.75, 3.05) is 5.32 Å². The monoisotopic (exact) mass is 242 g/mol. The van der Waals surface area contributed by atoms with Crippen LogP contribution in [0.25, 0.3) is 0 Å². The maximum atomic E-state index is 12.9. The van der Waals surface area contributed by atoms with Crippen molar-refractivity contribution in [3.05, 3.63) is 29.8 Å². The second-order valence-electron chi connectivity index (χ2n) is 4.67. The number of rotatable bonds is 4. The average molecular weight is 242 g/mol. The Hall–Kier alpha value is -1.49. The van der Waals surface area contributed by atoms with Crippen LogP contribution in [0.3, 0.4) is 0 Å². The molecule has 0 aliphatic carbocycles. The molecule has 0 radical (unpaired) electrons. The summed E-state index contributed by atoms with van der Waals surface area (Å²) in [5.41, 5.74) is 5.55. The molecule has 0 heterocycles. The van der Waals surface area contributed by atoms with Crippen LogP contribution in [0.4, 0.5) is 14.5 Å². The first-order chi connectivity index (χ1) is 7.78. The van der Waals surface area contributed by atoms with Gasteiger partial charge in [-0.3, -0.25) is 4.79 Å². The summed E-state index contributed by atoms with van der Waals surface area (Å²) in [6.45, 7) is 3.63. The summed E-state index contributed by atoms with van der Waals surface area (Å²) >= 11 is 0. The Morgan fingerprint density at radius 1 is 1.35 bits per heavy atom. The van der Waals surface area contributed by atoms with Crippen LogP contribution in [-0.4, -0.2) is 11.4 Å². The average Bonchev–Trinajstić information content (AvgIpc) is 2.20. The van der Waals surface area contributed by atoms with Gasteiger partial charge in [-0.2, -0.15) is 0 Å². The van der Waals surface area contributed by atoms with E-state index in [1.165, 1.54) is 6.07 Å². The molecule has 0 saturated heterocycles. The summed E-state index contributed by atoms with van der Waals surface area (Å²) in [4.78, 5) is 11.5. The lowest BCUT2D eigenvalue weighted by molar-refractivity contribution is -0.116. The highest BCUT2D eigenvalue weighted by Gasteiger charge is 2.13. The van der Waals surface area contributed by atoms with Crippen LogP contribution in [0.5, 0.6) is 0 Å². The Balaban J connectivity index is 2.54. The number of hydrogen-bond acceptors (Lipinski definition) is 2. The fourth-order valence-electron chi connectivity index (χ4n) is 1.23.